The van der Waals surface area contributed by atoms with E-state index in [4.69, 9.17) is 0 Å². The normalized spacial score (nSPS) is 30.5. The number of nitrogens with zero attached hydrogens (tertiary/aromatic N) is 1. The predicted octanol–water partition coefficient (Wildman–Crippen LogP) is 3.17. The first-order chi connectivity index (χ1) is 8.36. The first-order valence-electron chi connectivity index (χ1n) is 7.79. The average molecular weight is 238 g/mol. The molecular formula is C15H30N2. The van der Waals surface area contributed by atoms with E-state index in [1.807, 2.05) is 0 Å². The molecule has 2 aliphatic carbocycles. The van der Waals surface area contributed by atoms with Crippen LogP contribution in [-0.2, 0) is 0 Å². The molecule has 2 saturated carbocycles. The largest absolute Gasteiger partial charge is 0.315 e. The van der Waals surface area contributed by atoms with Gasteiger partial charge in [0.05, 0.1) is 0 Å². The highest BCUT2D eigenvalue weighted by Crippen LogP contribution is 2.33. The van der Waals surface area contributed by atoms with Gasteiger partial charge in [0.15, 0.2) is 0 Å². The highest BCUT2D eigenvalue weighted by atomic mass is 15.2. The molecular weight excluding hydrogens is 208 g/mol. The van der Waals surface area contributed by atoms with Crippen molar-refractivity contribution in [1.82, 2.24) is 10.2 Å². The van der Waals surface area contributed by atoms with E-state index in [9.17, 15) is 0 Å². The second kappa shape index (κ2) is 6.75. The van der Waals surface area contributed by atoms with Gasteiger partial charge in [-0.2, -0.15) is 0 Å². The monoisotopic (exact) mass is 238 g/mol. The summed E-state index contributed by atoms with van der Waals surface area (Å²) in [7, 11) is 2.16. The maximum absolute atomic E-state index is 3.59. The standard InChI is InChI=1S/C15H30N2/c1-3-4-12-17(13-10-11-13)15-9-7-5-6-8-14(15)16-2/h13-16H,3-12H2,1-2H3. The van der Waals surface area contributed by atoms with E-state index >= 15 is 0 Å². The summed E-state index contributed by atoms with van der Waals surface area (Å²) in [6, 6.07) is 2.50. The van der Waals surface area contributed by atoms with Gasteiger partial charge in [-0.05, 0) is 45.7 Å². The highest BCUT2D eigenvalue weighted by molar-refractivity contribution is 4.94. The minimum atomic E-state index is 0.745. The molecule has 17 heavy (non-hydrogen) atoms. The first-order valence-corrected chi connectivity index (χ1v) is 7.79. The number of likely N-dealkylation sites (N-methyl/N-ethyl adjacent to an activating group) is 1. The second-order valence-electron chi connectivity index (χ2n) is 5.92. The summed E-state index contributed by atoms with van der Waals surface area (Å²) in [4.78, 5) is 2.86. The Morgan fingerprint density at radius 3 is 2.47 bits per heavy atom. The number of unbranched alkanes of at least 4 members (excludes halogenated alkanes) is 1. The zero-order valence-electron chi connectivity index (χ0n) is 11.8. The summed E-state index contributed by atoms with van der Waals surface area (Å²) < 4.78 is 0. The van der Waals surface area contributed by atoms with Crippen LogP contribution in [0.1, 0.15) is 64.7 Å². The van der Waals surface area contributed by atoms with E-state index in [1.165, 1.54) is 64.3 Å². The first kappa shape index (κ1) is 13.4. The van der Waals surface area contributed by atoms with E-state index in [-0.39, 0.29) is 0 Å². The van der Waals surface area contributed by atoms with Gasteiger partial charge in [-0.3, -0.25) is 4.90 Å². The Morgan fingerprint density at radius 1 is 1.06 bits per heavy atom. The molecule has 0 saturated heterocycles. The van der Waals surface area contributed by atoms with Gasteiger partial charge in [0.1, 0.15) is 0 Å². The summed E-state index contributed by atoms with van der Waals surface area (Å²) in [6.45, 7) is 3.65. The van der Waals surface area contributed by atoms with Gasteiger partial charge in [-0.1, -0.05) is 32.6 Å². The van der Waals surface area contributed by atoms with Gasteiger partial charge in [-0.15, -0.1) is 0 Å². The molecule has 0 radical (unpaired) electrons. The molecule has 100 valence electrons. The quantitative estimate of drug-likeness (QED) is 0.715. The Balaban J connectivity index is 1.97. The van der Waals surface area contributed by atoms with Crippen LogP contribution in [0.15, 0.2) is 0 Å². The van der Waals surface area contributed by atoms with Crippen molar-refractivity contribution in [3.8, 4) is 0 Å². The van der Waals surface area contributed by atoms with Crippen molar-refractivity contribution >= 4 is 0 Å². The van der Waals surface area contributed by atoms with E-state index < -0.39 is 0 Å². The van der Waals surface area contributed by atoms with Gasteiger partial charge in [-0.25, -0.2) is 0 Å². The number of nitrogens with one attached hydrogen (secondary N) is 1. The predicted molar refractivity (Wildman–Crippen MR) is 74.4 cm³/mol. The molecule has 0 amide bonds. The van der Waals surface area contributed by atoms with Crippen molar-refractivity contribution in [2.75, 3.05) is 13.6 Å². The van der Waals surface area contributed by atoms with Crippen molar-refractivity contribution < 1.29 is 0 Å². The van der Waals surface area contributed by atoms with Crippen LogP contribution in [0.5, 0.6) is 0 Å². The summed E-state index contributed by atoms with van der Waals surface area (Å²) in [6.07, 6.45) is 12.7. The van der Waals surface area contributed by atoms with Gasteiger partial charge >= 0.3 is 0 Å². The molecule has 2 unspecified atom stereocenters. The fraction of sp³-hybridized carbons (Fsp3) is 1.00. The Labute approximate surface area is 107 Å². The number of hydrogen-bond donors (Lipinski definition) is 1. The number of hydrogen-bond acceptors (Lipinski definition) is 2. The van der Waals surface area contributed by atoms with Gasteiger partial charge in [0.2, 0.25) is 0 Å². The summed E-state index contributed by atoms with van der Waals surface area (Å²) in [5, 5.41) is 3.59. The Kier molecular flexibility index (Phi) is 5.30. The highest BCUT2D eigenvalue weighted by Gasteiger charge is 2.36. The fourth-order valence-electron chi connectivity index (χ4n) is 3.39. The van der Waals surface area contributed by atoms with E-state index in [2.05, 4.69) is 24.2 Å². The van der Waals surface area contributed by atoms with Crippen LogP contribution in [0, 0.1) is 0 Å². The molecule has 0 aromatic heterocycles. The average Bonchev–Trinajstić information content (AvgIpc) is 3.16. The topological polar surface area (TPSA) is 15.3 Å². The lowest BCUT2D eigenvalue weighted by atomic mass is 10.0. The molecule has 0 aromatic carbocycles. The Bertz CT molecular complexity index is 213. The van der Waals surface area contributed by atoms with E-state index in [1.54, 1.807) is 0 Å². The molecule has 2 atom stereocenters. The maximum Gasteiger partial charge on any atom is 0.0252 e. The smallest absolute Gasteiger partial charge is 0.0252 e. The van der Waals surface area contributed by atoms with Crippen LogP contribution in [0.25, 0.3) is 0 Å². The van der Waals surface area contributed by atoms with Crippen LogP contribution in [0.4, 0.5) is 0 Å². The fourth-order valence-corrected chi connectivity index (χ4v) is 3.39. The third-order valence-corrected chi connectivity index (χ3v) is 4.56. The summed E-state index contributed by atoms with van der Waals surface area (Å²) in [5.41, 5.74) is 0. The zero-order chi connectivity index (χ0) is 12.1. The molecule has 2 rings (SSSR count). The van der Waals surface area contributed by atoms with Crippen molar-refractivity contribution in [3.05, 3.63) is 0 Å². The second-order valence-corrected chi connectivity index (χ2v) is 5.92. The molecule has 0 spiro atoms. The van der Waals surface area contributed by atoms with Crippen LogP contribution < -0.4 is 5.32 Å². The molecule has 0 bridgehead atoms. The van der Waals surface area contributed by atoms with E-state index in [0.29, 0.717) is 0 Å². The Hall–Kier alpha value is -0.0800. The minimum Gasteiger partial charge on any atom is -0.315 e. The van der Waals surface area contributed by atoms with Gasteiger partial charge in [0, 0.05) is 18.1 Å². The van der Waals surface area contributed by atoms with Crippen molar-refractivity contribution in [1.29, 1.82) is 0 Å². The zero-order valence-corrected chi connectivity index (χ0v) is 11.8. The summed E-state index contributed by atoms with van der Waals surface area (Å²) >= 11 is 0. The third kappa shape index (κ3) is 3.69. The molecule has 2 heteroatoms. The third-order valence-electron chi connectivity index (χ3n) is 4.56. The molecule has 0 heterocycles. The van der Waals surface area contributed by atoms with Gasteiger partial charge in [0.25, 0.3) is 0 Å². The van der Waals surface area contributed by atoms with E-state index in [0.717, 1.165) is 18.1 Å². The van der Waals surface area contributed by atoms with Crippen molar-refractivity contribution in [3.63, 3.8) is 0 Å². The molecule has 2 aliphatic rings. The van der Waals surface area contributed by atoms with Crippen molar-refractivity contribution in [2.45, 2.75) is 82.8 Å². The van der Waals surface area contributed by atoms with Crippen LogP contribution in [-0.4, -0.2) is 36.6 Å². The molecule has 2 nitrogen and oxygen atoms in total. The Morgan fingerprint density at radius 2 is 1.82 bits per heavy atom. The van der Waals surface area contributed by atoms with Gasteiger partial charge < -0.3 is 5.32 Å². The van der Waals surface area contributed by atoms with Crippen LogP contribution in [0.2, 0.25) is 0 Å². The molecule has 2 fully saturated rings. The molecule has 0 aliphatic heterocycles. The minimum absolute atomic E-state index is 0.745. The molecule has 1 N–H and O–H groups in total. The maximum atomic E-state index is 3.59. The van der Waals surface area contributed by atoms with Crippen molar-refractivity contribution in [2.24, 2.45) is 0 Å². The lowest BCUT2D eigenvalue weighted by Gasteiger charge is -2.36. The lowest BCUT2D eigenvalue weighted by Crippen LogP contribution is -2.49. The van der Waals surface area contributed by atoms with Crippen LogP contribution in [0.3, 0.4) is 0 Å². The van der Waals surface area contributed by atoms with Crippen LogP contribution >= 0.6 is 0 Å². The SMILES string of the molecule is CCCCN(C1CC1)C1CCCCCC1NC. The summed E-state index contributed by atoms with van der Waals surface area (Å²) in [5.74, 6) is 0. The lowest BCUT2D eigenvalue weighted by molar-refractivity contribution is 0.140. The number of rotatable bonds is 6. The molecule has 0 aromatic rings.